The van der Waals surface area contributed by atoms with Gasteiger partial charge >= 0.3 is 0 Å². The highest BCUT2D eigenvalue weighted by Gasteiger charge is 2.21. The minimum Gasteiger partial charge on any atom is -0.394 e. The van der Waals surface area contributed by atoms with E-state index in [1.165, 1.54) is 270 Å². The second-order valence-corrected chi connectivity index (χ2v) is 20.3. The summed E-state index contributed by atoms with van der Waals surface area (Å²) in [5, 5.41) is 33.7. The SMILES string of the molecule is CCCCCCCCCCCCCC/C=C\CCCCCCCCCCCCCC(O)CC(=O)NC(CO)C(O)CCCCCCCCCCCCCCCCCCCCCCC. The van der Waals surface area contributed by atoms with Crippen LogP contribution in [0.15, 0.2) is 12.2 Å². The Morgan fingerprint density at radius 3 is 0.921 bits per heavy atom. The lowest BCUT2D eigenvalue weighted by atomic mass is 10.0. The van der Waals surface area contributed by atoms with Gasteiger partial charge in [-0.05, 0) is 38.5 Å². The molecule has 0 fully saturated rings. The lowest BCUT2D eigenvalue weighted by Crippen LogP contribution is -2.46. The van der Waals surface area contributed by atoms with E-state index in [0.29, 0.717) is 12.8 Å². The first-order valence-corrected chi connectivity index (χ1v) is 29.0. The maximum absolute atomic E-state index is 12.5. The molecule has 0 aliphatic rings. The molecule has 0 heterocycles. The number of nitrogens with one attached hydrogen (secondary N) is 1. The minimum atomic E-state index is -0.748. The lowest BCUT2D eigenvalue weighted by molar-refractivity contribution is -0.125. The number of aliphatic hydroxyl groups is 3. The van der Waals surface area contributed by atoms with Gasteiger partial charge in [-0.3, -0.25) is 4.79 Å². The highest BCUT2D eigenvalue weighted by molar-refractivity contribution is 5.76. The predicted molar refractivity (Wildman–Crippen MR) is 278 cm³/mol. The topological polar surface area (TPSA) is 89.8 Å². The van der Waals surface area contributed by atoms with Crippen molar-refractivity contribution in [3.05, 3.63) is 12.2 Å². The Hall–Kier alpha value is -0.910. The number of hydrogen-bond acceptors (Lipinski definition) is 4. The third kappa shape index (κ3) is 50.3. The Bertz CT molecular complexity index is 894. The molecule has 0 saturated heterocycles. The first kappa shape index (κ1) is 62.1. The molecule has 0 rings (SSSR count). The Morgan fingerprint density at radius 2 is 0.635 bits per heavy atom. The maximum atomic E-state index is 12.5. The Kier molecular flexibility index (Phi) is 52.9. The molecular formula is C58H115NO4. The molecule has 4 N–H and O–H groups in total. The number of carbonyl (C=O) groups is 1. The van der Waals surface area contributed by atoms with Crippen molar-refractivity contribution in [3.63, 3.8) is 0 Å². The standard InChI is InChI=1S/C58H115NO4/c1-3-5-7-9-11-13-15-17-19-21-23-25-26-27-28-29-30-32-33-35-37-39-41-43-45-47-49-51-55(61)53-58(63)59-56(54-60)57(62)52-50-48-46-44-42-40-38-36-34-31-24-22-20-18-16-14-12-10-8-6-4-2/h27-28,55-57,60-62H,3-26,29-54H2,1-2H3,(H,59,63)/b28-27-. The van der Waals surface area contributed by atoms with E-state index in [4.69, 9.17) is 0 Å². The minimum absolute atomic E-state index is 0.0400. The quantitative estimate of drug-likeness (QED) is 0.0362. The molecule has 5 nitrogen and oxygen atoms in total. The van der Waals surface area contributed by atoms with Gasteiger partial charge < -0.3 is 20.6 Å². The summed E-state index contributed by atoms with van der Waals surface area (Å²) in [4.78, 5) is 12.5. The molecule has 0 aromatic heterocycles. The Labute approximate surface area is 395 Å². The molecule has 63 heavy (non-hydrogen) atoms. The molecule has 5 heteroatoms. The van der Waals surface area contributed by atoms with Crippen LogP contribution in [0.3, 0.4) is 0 Å². The van der Waals surface area contributed by atoms with Gasteiger partial charge in [0.05, 0.1) is 31.3 Å². The third-order valence-corrected chi connectivity index (χ3v) is 13.8. The van der Waals surface area contributed by atoms with Gasteiger partial charge in [-0.2, -0.15) is 0 Å². The zero-order chi connectivity index (χ0) is 45.8. The average Bonchev–Trinajstić information content (AvgIpc) is 3.28. The highest BCUT2D eigenvalue weighted by atomic mass is 16.3. The van der Waals surface area contributed by atoms with Crippen molar-refractivity contribution in [2.45, 2.75) is 347 Å². The van der Waals surface area contributed by atoms with E-state index in [1.807, 2.05) is 0 Å². The number of rotatable bonds is 54. The molecule has 3 atom stereocenters. The van der Waals surface area contributed by atoms with Crippen molar-refractivity contribution in [3.8, 4) is 0 Å². The van der Waals surface area contributed by atoms with Crippen LogP contribution < -0.4 is 5.32 Å². The molecule has 376 valence electrons. The van der Waals surface area contributed by atoms with Gasteiger partial charge in [0.15, 0.2) is 0 Å². The summed E-state index contributed by atoms with van der Waals surface area (Å²) in [6.07, 6.45) is 66.6. The number of amides is 1. The normalized spacial score (nSPS) is 13.3. The van der Waals surface area contributed by atoms with Crippen LogP contribution >= 0.6 is 0 Å². The van der Waals surface area contributed by atoms with Crippen molar-refractivity contribution in [2.75, 3.05) is 6.61 Å². The highest BCUT2D eigenvalue weighted by Crippen LogP contribution is 2.18. The van der Waals surface area contributed by atoms with E-state index in [1.54, 1.807) is 0 Å². The van der Waals surface area contributed by atoms with Crippen molar-refractivity contribution in [2.24, 2.45) is 0 Å². The molecule has 0 radical (unpaired) electrons. The maximum Gasteiger partial charge on any atom is 0.222 e. The Balaban J connectivity index is 3.50. The molecule has 0 bridgehead atoms. The van der Waals surface area contributed by atoms with E-state index >= 15 is 0 Å². The van der Waals surface area contributed by atoms with Gasteiger partial charge in [-0.1, -0.05) is 296 Å². The number of carbonyl (C=O) groups excluding carboxylic acids is 1. The van der Waals surface area contributed by atoms with Crippen LogP contribution in [0.2, 0.25) is 0 Å². The van der Waals surface area contributed by atoms with Gasteiger partial charge in [-0.25, -0.2) is 0 Å². The summed E-state index contributed by atoms with van der Waals surface area (Å²) in [6, 6.07) is -0.657. The first-order chi connectivity index (χ1) is 31.0. The first-order valence-electron chi connectivity index (χ1n) is 29.0. The number of unbranched alkanes of at least 4 members (excludes halogenated alkanes) is 43. The predicted octanol–water partition coefficient (Wildman–Crippen LogP) is 17.9. The van der Waals surface area contributed by atoms with Crippen molar-refractivity contribution >= 4 is 5.91 Å². The second-order valence-electron chi connectivity index (χ2n) is 20.3. The molecule has 1 amide bonds. The molecule has 0 aliphatic carbocycles. The van der Waals surface area contributed by atoms with Gasteiger partial charge in [-0.15, -0.1) is 0 Å². The van der Waals surface area contributed by atoms with Crippen LogP contribution in [0.25, 0.3) is 0 Å². The fourth-order valence-electron chi connectivity index (χ4n) is 9.40. The summed E-state index contributed by atoms with van der Waals surface area (Å²) in [5.74, 6) is -0.277. The van der Waals surface area contributed by atoms with Gasteiger partial charge in [0, 0.05) is 0 Å². The van der Waals surface area contributed by atoms with Crippen molar-refractivity contribution in [1.29, 1.82) is 0 Å². The van der Waals surface area contributed by atoms with Gasteiger partial charge in [0.2, 0.25) is 5.91 Å². The summed E-state index contributed by atoms with van der Waals surface area (Å²) in [5.41, 5.74) is 0. The van der Waals surface area contributed by atoms with Crippen LogP contribution in [0, 0.1) is 0 Å². The molecule has 3 unspecified atom stereocenters. The van der Waals surface area contributed by atoms with Crippen LogP contribution in [-0.4, -0.2) is 46.1 Å². The van der Waals surface area contributed by atoms with E-state index in [2.05, 4.69) is 31.3 Å². The summed E-state index contributed by atoms with van der Waals surface area (Å²) < 4.78 is 0. The van der Waals surface area contributed by atoms with Gasteiger partial charge in [0.1, 0.15) is 0 Å². The molecular weight excluding hydrogens is 775 g/mol. The van der Waals surface area contributed by atoms with Crippen LogP contribution in [-0.2, 0) is 4.79 Å². The van der Waals surface area contributed by atoms with E-state index in [9.17, 15) is 20.1 Å². The Morgan fingerprint density at radius 1 is 0.381 bits per heavy atom. The van der Waals surface area contributed by atoms with Crippen LogP contribution in [0.5, 0.6) is 0 Å². The number of hydrogen-bond donors (Lipinski definition) is 4. The zero-order valence-corrected chi connectivity index (χ0v) is 43.0. The summed E-state index contributed by atoms with van der Waals surface area (Å²) in [6.45, 7) is 4.31. The van der Waals surface area contributed by atoms with Gasteiger partial charge in [0.25, 0.3) is 0 Å². The molecule has 0 aliphatic heterocycles. The molecule has 0 aromatic carbocycles. The van der Waals surface area contributed by atoms with Crippen molar-refractivity contribution in [1.82, 2.24) is 5.32 Å². The van der Waals surface area contributed by atoms with Crippen molar-refractivity contribution < 1.29 is 20.1 Å². The fourth-order valence-corrected chi connectivity index (χ4v) is 9.40. The van der Waals surface area contributed by atoms with Crippen LogP contribution in [0.1, 0.15) is 328 Å². The lowest BCUT2D eigenvalue weighted by Gasteiger charge is -2.23. The largest absolute Gasteiger partial charge is 0.394 e. The smallest absolute Gasteiger partial charge is 0.222 e. The summed E-state index contributed by atoms with van der Waals surface area (Å²) in [7, 11) is 0. The van der Waals surface area contributed by atoms with E-state index < -0.39 is 18.2 Å². The monoisotopic (exact) mass is 890 g/mol. The van der Waals surface area contributed by atoms with Crippen LogP contribution in [0.4, 0.5) is 0 Å². The molecule has 0 saturated carbocycles. The number of allylic oxidation sites excluding steroid dienone is 2. The average molecular weight is 891 g/mol. The van der Waals surface area contributed by atoms with E-state index in [-0.39, 0.29) is 18.9 Å². The molecule has 0 aromatic rings. The number of aliphatic hydroxyl groups excluding tert-OH is 3. The molecule has 0 spiro atoms. The summed E-state index contributed by atoms with van der Waals surface area (Å²) >= 11 is 0. The fraction of sp³-hybridized carbons (Fsp3) is 0.948. The third-order valence-electron chi connectivity index (χ3n) is 13.8. The zero-order valence-electron chi connectivity index (χ0n) is 43.0. The van der Waals surface area contributed by atoms with E-state index in [0.717, 1.165) is 25.7 Å². The second kappa shape index (κ2) is 53.7.